The van der Waals surface area contributed by atoms with Gasteiger partial charge in [0.25, 0.3) is 5.91 Å². The number of thioether (sulfide) groups is 1. The second kappa shape index (κ2) is 7.34. The molecule has 1 fully saturated rings. The van der Waals surface area contributed by atoms with E-state index in [2.05, 4.69) is 5.10 Å². The number of benzene rings is 2. The number of nitrogens with zero attached hydrogens (tertiary/aromatic N) is 2. The zero-order chi connectivity index (χ0) is 17.9. The lowest BCUT2D eigenvalue weighted by Crippen LogP contribution is -2.22. The molecule has 1 amide bonds. The molecule has 1 aliphatic rings. The number of carbonyl (C=O) groups excluding carboxylic acids is 1. The van der Waals surface area contributed by atoms with Crippen LogP contribution in [-0.2, 0) is 14.9 Å². The van der Waals surface area contributed by atoms with Crippen LogP contribution in [0.5, 0.6) is 5.75 Å². The van der Waals surface area contributed by atoms with Crippen molar-refractivity contribution >= 4 is 50.5 Å². The maximum absolute atomic E-state index is 12.4. The van der Waals surface area contributed by atoms with Gasteiger partial charge < -0.3 is 4.18 Å². The number of para-hydroxylation sites is 1. The van der Waals surface area contributed by atoms with Crippen molar-refractivity contribution < 1.29 is 17.4 Å². The molecule has 0 aromatic heterocycles. The Bertz CT molecular complexity index is 927. The average Bonchev–Trinajstić information content (AvgIpc) is 2.93. The second-order valence-electron chi connectivity index (χ2n) is 4.89. The molecule has 3 rings (SSSR count). The summed E-state index contributed by atoms with van der Waals surface area (Å²) in [5.41, 5.74) is 0.412. The summed E-state index contributed by atoms with van der Waals surface area (Å²) in [4.78, 5) is 11.7. The van der Waals surface area contributed by atoms with Gasteiger partial charge in [-0.25, -0.2) is 0 Å². The van der Waals surface area contributed by atoms with Crippen molar-refractivity contribution in [3.63, 3.8) is 0 Å². The van der Waals surface area contributed by atoms with Crippen LogP contribution in [0.2, 0.25) is 0 Å². The van der Waals surface area contributed by atoms with Crippen LogP contribution in [0.4, 0.5) is 0 Å². The monoisotopic (exact) mass is 392 g/mol. The third kappa shape index (κ3) is 4.06. The van der Waals surface area contributed by atoms with Gasteiger partial charge in [-0.2, -0.15) is 18.5 Å². The molecule has 9 heteroatoms. The van der Waals surface area contributed by atoms with Crippen molar-refractivity contribution in [1.29, 1.82) is 0 Å². The van der Waals surface area contributed by atoms with E-state index in [-0.39, 0.29) is 22.3 Å². The van der Waals surface area contributed by atoms with Gasteiger partial charge in [0.2, 0.25) is 0 Å². The number of hydrogen-bond acceptors (Lipinski definition) is 7. The fourth-order valence-electron chi connectivity index (χ4n) is 2.00. The van der Waals surface area contributed by atoms with E-state index in [0.29, 0.717) is 9.88 Å². The minimum Gasteiger partial charge on any atom is -0.378 e. The van der Waals surface area contributed by atoms with Crippen molar-refractivity contribution in [2.45, 2.75) is 4.90 Å². The quantitative estimate of drug-likeness (QED) is 0.442. The normalized spacial score (nSPS) is 15.1. The van der Waals surface area contributed by atoms with E-state index in [1.807, 2.05) is 0 Å². The highest BCUT2D eigenvalue weighted by molar-refractivity contribution is 8.23. The fourth-order valence-corrected chi connectivity index (χ4v) is 3.94. The molecule has 25 heavy (non-hydrogen) atoms. The molecule has 0 spiro atoms. The molecule has 0 N–H and O–H groups in total. The smallest absolute Gasteiger partial charge is 0.339 e. The number of rotatable bonds is 5. The largest absolute Gasteiger partial charge is 0.378 e. The maximum atomic E-state index is 12.4. The van der Waals surface area contributed by atoms with Crippen molar-refractivity contribution in [2.75, 3.05) is 5.75 Å². The molecular formula is C16H12N2O4S3. The Hall–Kier alpha value is -2.23. The molecule has 0 saturated carbocycles. The van der Waals surface area contributed by atoms with E-state index in [0.717, 1.165) is 5.01 Å². The summed E-state index contributed by atoms with van der Waals surface area (Å²) >= 11 is 6.27. The SMILES string of the molecule is O=C1CSC(=S)N1/N=C/c1ccccc1OS(=O)(=O)c1ccccc1. The molecular weight excluding hydrogens is 380 g/mol. The van der Waals surface area contributed by atoms with Gasteiger partial charge in [0.1, 0.15) is 4.90 Å². The Kier molecular flexibility index (Phi) is 5.16. The molecule has 1 saturated heterocycles. The highest BCUT2D eigenvalue weighted by atomic mass is 32.2. The Morgan fingerprint density at radius 3 is 2.48 bits per heavy atom. The summed E-state index contributed by atoms with van der Waals surface area (Å²) in [7, 11) is -3.97. The molecule has 0 unspecified atom stereocenters. The van der Waals surface area contributed by atoms with Gasteiger partial charge >= 0.3 is 10.1 Å². The topological polar surface area (TPSA) is 76.0 Å². The summed E-state index contributed by atoms with van der Waals surface area (Å²) in [5.74, 6) is 0.137. The van der Waals surface area contributed by atoms with E-state index in [9.17, 15) is 13.2 Å². The standard InChI is InChI=1S/C16H12N2O4S3/c19-15-11-24-16(23)18(15)17-10-12-6-4-5-9-14(12)22-25(20,21)13-7-2-1-3-8-13/h1-10H,11H2/b17-10+. The third-order valence-corrected chi connectivity index (χ3v) is 5.78. The third-order valence-electron chi connectivity index (χ3n) is 3.19. The van der Waals surface area contributed by atoms with Crippen LogP contribution in [-0.4, -0.2) is 35.6 Å². The van der Waals surface area contributed by atoms with Gasteiger partial charge in [0, 0.05) is 5.56 Å². The van der Waals surface area contributed by atoms with Crippen molar-refractivity contribution in [3.8, 4) is 5.75 Å². The number of carbonyl (C=O) groups is 1. The number of hydrazone groups is 1. The van der Waals surface area contributed by atoms with Gasteiger partial charge in [-0.3, -0.25) is 4.79 Å². The predicted octanol–water partition coefficient (Wildman–Crippen LogP) is 2.65. The van der Waals surface area contributed by atoms with Crippen LogP contribution in [0.1, 0.15) is 5.56 Å². The highest BCUT2D eigenvalue weighted by Crippen LogP contribution is 2.23. The van der Waals surface area contributed by atoms with Crippen LogP contribution in [0.3, 0.4) is 0 Å². The Morgan fingerprint density at radius 2 is 1.80 bits per heavy atom. The average molecular weight is 392 g/mol. The van der Waals surface area contributed by atoms with Gasteiger partial charge in [-0.1, -0.05) is 54.3 Å². The zero-order valence-electron chi connectivity index (χ0n) is 12.7. The minimum absolute atomic E-state index is 0.0500. The summed E-state index contributed by atoms with van der Waals surface area (Å²) < 4.78 is 30.3. The van der Waals surface area contributed by atoms with E-state index < -0.39 is 10.1 Å². The molecule has 0 atom stereocenters. The fraction of sp³-hybridized carbons (Fsp3) is 0.0625. The Labute approximate surface area is 154 Å². The van der Waals surface area contributed by atoms with E-state index in [1.165, 1.54) is 36.2 Å². The van der Waals surface area contributed by atoms with Crippen molar-refractivity contribution in [1.82, 2.24) is 5.01 Å². The minimum atomic E-state index is -3.97. The van der Waals surface area contributed by atoms with Crippen LogP contribution in [0.25, 0.3) is 0 Å². The molecule has 0 aliphatic carbocycles. The first kappa shape index (κ1) is 17.6. The molecule has 0 bridgehead atoms. The number of hydrogen-bond donors (Lipinski definition) is 0. The maximum Gasteiger partial charge on any atom is 0.339 e. The van der Waals surface area contributed by atoms with Crippen LogP contribution in [0.15, 0.2) is 64.6 Å². The van der Waals surface area contributed by atoms with Crippen LogP contribution in [0, 0.1) is 0 Å². The lowest BCUT2D eigenvalue weighted by Gasteiger charge is -2.10. The van der Waals surface area contributed by atoms with Crippen molar-refractivity contribution in [3.05, 3.63) is 60.2 Å². The van der Waals surface area contributed by atoms with Gasteiger partial charge in [0.15, 0.2) is 10.1 Å². The Morgan fingerprint density at radius 1 is 1.12 bits per heavy atom. The molecule has 0 radical (unpaired) electrons. The number of thiocarbonyl (C=S) groups is 1. The van der Waals surface area contributed by atoms with Crippen molar-refractivity contribution in [2.24, 2.45) is 5.10 Å². The van der Waals surface area contributed by atoms with E-state index in [1.54, 1.807) is 36.4 Å². The molecule has 2 aromatic carbocycles. The lowest BCUT2D eigenvalue weighted by molar-refractivity contribution is -0.123. The molecule has 128 valence electrons. The first-order chi connectivity index (χ1) is 12.0. The summed E-state index contributed by atoms with van der Waals surface area (Å²) in [6.07, 6.45) is 1.35. The lowest BCUT2D eigenvalue weighted by atomic mass is 10.2. The zero-order valence-corrected chi connectivity index (χ0v) is 15.2. The first-order valence-electron chi connectivity index (χ1n) is 7.09. The first-order valence-corrected chi connectivity index (χ1v) is 9.90. The van der Waals surface area contributed by atoms with E-state index >= 15 is 0 Å². The second-order valence-corrected chi connectivity index (χ2v) is 8.05. The summed E-state index contributed by atoms with van der Waals surface area (Å²) in [6, 6.07) is 14.3. The molecule has 2 aromatic rings. The Balaban J connectivity index is 1.87. The molecule has 1 heterocycles. The summed E-state index contributed by atoms with van der Waals surface area (Å²) in [6.45, 7) is 0. The van der Waals surface area contributed by atoms with E-state index in [4.69, 9.17) is 16.4 Å². The van der Waals surface area contributed by atoms with Gasteiger partial charge in [-0.05, 0) is 24.3 Å². The number of amides is 1. The summed E-state index contributed by atoms with van der Waals surface area (Å²) in [5, 5.41) is 5.15. The van der Waals surface area contributed by atoms with Crippen LogP contribution < -0.4 is 4.18 Å². The predicted molar refractivity (Wildman–Crippen MR) is 100 cm³/mol. The highest BCUT2D eigenvalue weighted by Gasteiger charge is 2.26. The molecule has 6 nitrogen and oxygen atoms in total. The van der Waals surface area contributed by atoms with Gasteiger partial charge in [0.05, 0.1) is 12.0 Å². The molecule has 1 aliphatic heterocycles. The van der Waals surface area contributed by atoms with Gasteiger partial charge in [-0.15, -0.1) is 0 Å². The van der Waals surface area contributed by atoms with Crippen LogP contribution >= 0.6 is 24.0 Å².